The highest BCUT2D eigenvalue weighted by Crippen LogP contribution is 2.21. The van der Waals surface area contributed by atoms with Crippen LogP contribution in [-0.4, -0.2) is 43.3 Å². The third-order valence-corrected chi connectivity index (χ3v) is 5.42. The van der Waals surface area contributed by atoms with Gasteiger partial charge in [0.05, 0.1) is 18.9 Å². The van der Waals surface area contributed by atoms with Crippen molar-refractivity contribution < 1.29 is 9.15 Å². The van der Waals surface area contributed by atoms with Crippen molar-refractivity contribution in [2.24, 2.45) is 4.99 Å². The van der Waals surface area contributed by atoms with Crippen LogP contribution < -0.4 is 10.6 Å². The van der Waals surface area contributed by atoms with Crippen LogP contribution in [0.3, 0.4) is 0 Å². The Bertz CT molecular complexity index is 930. The van der Waals surface area contributed by atoms with Crippen LogP contribution in [-0.2, 0) is 17.6 Å². The molecule has 0 spiro atoms. The van der Waals surface area contributed by atoms with E-state index in [0.29, 0.717) is 6.54 Å². The van der Waals surface area contributed by atoms with Crippen molar-refractivity contribution in [1.82, 2.24) is 15.6 Å². The highest BCUT2D eigenvalue weighted by atomic mass is 127. The van der Waals surface area contributed by atoms with Crippen molar-refractivity contribution in [3.63, 3.8) is 0 Å². The van der Waals surface area contributed by atoms with Crippen molar-refractivity contribution >= 4 is 40.8 Å². The summed E-state index contributed by atoms with van der Waals surface area (Å²) in [6.07, 6.45) is 5.95. The minimum absolute atomic E-state index is 0. The summed E-state index contributed by atoms with van der Waals surface area (Å²) in [5.41, 5.74) is 3.79. The molecule has 7 heteroatoms. The number of guanidine groups is 1. The molecule has 162 valence electrons. The first-order chi connectivity index (χ1) is 14.3. The van der Waals surface area contributed by atoms with Gasteiger partial charge in [0, 0.05) is 42.7 Å². The largest absolute Gasteiger partial charge is 0.469 e. The van der Waals surface area contributed by atoms with E-state index in [1.165, 1.54) is 22.2 Å². The lowest BCUT2D eigenvalue weighted by molar-refractivity contribution is 0.117. The van der Waals surface area contributed by atoms with Gasteiger partial charge in [0.1, 0.15) is 5.76 Å². The lowest BCUT2D eigenvalue weighted by atomic mass is 10.1. The van der Waals surface area contributed by atoms with E-state index < -0.39 is 0 Å². The van der Waals surface area contributed by atoms with Crippen LogP contribution in [0, 0.1) is 6.92 Å². The zero-order valence-corrected chi connectivity index (χ0v) is 19.8. The summed E-state index contributed by atoms with van der Waals surface area (Å²) in [6.45, 7) is 5.29. The first kappa shape index (κ1) is 22.7. The maximum Gasteiger partial charge on any atom is 0.191 e. The van der Waals surface area contributed by atoms with Gasteiger partial charge in [-0.25, -0.2) is 0 Å². The average Bonchev–Trinajstić information content (AvgIpc) is 3.48. The number of ether oxygens (including phenoxy) is 1. The SMILES string of the molecule is Cc1[nH]c2ccccc2c1CCNC(=NCC1CCCO1)NCCc1ccco1.I. The number of H-pyrrole nitrogens is 1. The van der Waals surface area contributed by atoms with Gasteiger partial charge in [-0.3, -0.25) is 4.99 Å². The van der Waals surface area contributed by atoms with E-state index in [4.69, 9.17) is 14.1 Å². The second-order valence-electron chi connectivity index (χ2n) is 7.53. The normalized spacial score (nSPS) is 16.6. The molecule has 0 bridgehead atoms. The quantitative estimate of drug-likeness (QED) is 0.236. The number of aliphatic imine (C=N–C) groups is 1. The molecule has 1 unspecified atom stereocenters. The fourth-order valence-corrected chi connectivity index (χ4v) is 3.88. The fraction of sp³-hybridized carbons (Fsp3) is 0.435. The highest BCUT2D eigenvalue weighted by molar-refractivity contribution is 14.0. The second kappa shape index (κ2) is 11.4. The number of hydrogen-bond donors (Lipinski definition) is 3. The minimum atomic E-state index is 0. The number of aromatic nitrogens is 1. The summed E-state index contributed by atoms with van der Waals surface area (Å²) in [6, 6.07) is 12.4. The van der Waals surface area contributed by atoms with Crippen molar-refractivity contribution in [3.05, 3.63) is 59.7 Å². The number of aryl methyl sites for hydroxylation is 1. The first-order valence-electron chi connectivity index (χ1n) is 10.5. The molecule has 6 nitrogen and oxygen atoms in total. The van der Waals surface area contributed by atoms with E-state index >= 15 is 0 Å². The predicted molar refractivity (Wildman–Crippen MR) is 132 cm³/mol. The lowest BCUT2D eigenvalue weighted by Gasteiger charge is -2.14. The monoisotopic (exact) mass is 522 g/mol. The number of hydrogen-bond acceptors (Lipinski definition) is 3. The van der Waals surface area contributed by atoms with E-state index in [1.54, 1.807) is 6.26 Å². The Balaban J connectivity index is 0.00000256. The molecule has 0 radical (unpaired) electrons. The molecule has 1 atom stereocenters. The van der Waals surface area contributed by atoms with Crippen LogP contribution in [0.2, 0.25) is 0 Å². The number of nitrogens with one attached hydrogen (secondary N) is 3. The Labute approximate surface area is 194 Å². The average molecular weight is 522 g/mol. The Hall–Kier alpha value is -2.00. The topological polar surface area (TPSA) is 74.6 Å². The van der Waals surface area contributed by atoms with E-state index in [2.05, 4.69) is 46.8 Å². The molecule has 3 aromatic rings. The molecule has 1 aliphatic heterocycles. The summed E-state index contributed by atoms with van der Waals surface area (Å²) in [4.78, 5) is 8.24. The van der Waals surface area contributed by atoms with E-state index in [0.717, 1.165) is 57.1 Å². The third kappa shape index (κ3) is 6.01. The molecule has 4 rings (SSSR count). The Kier molecular flexibility index (Phi) is 8.62. The summed E-state index contributed by atoms with van der Waals surface area (Å²) < 4.78 is 11.1. The number of aromatic amines is 1. The van der Waals surface area contributed by atoms with Crippen LogP contribution in [0.1, 0.15) is 29.9 Å². The second-order valence-corrected chi connectivity index (χ2v) is 7.53. The molecule has 30 heavy (non-hydrogen) atoms. The molecule has 0 saturated carbocycles. The number of halogens is 1. The van der Waals surface area contributed by atoms with Gasteiger partial charge in [0.25, 0.3) is 0 Å². The van der Waals surface area contributed by atoms with Gasteiger partial charge in [-0.2, -0.15) is 0 Å². The molecular formula is C23H31IN4O2. The maximum atomic E-state index is 5.71. The molecule has 3 N–H and O–H groups in total. The molecule has 1 aliphatic rings. The van der Waals surface area contributed by atoms with Gasteiger partial charge in [-0.15, -0.1) is 24.0 Å². The number of rotatable bonds is 8. The Morgan fingerprint density at radius 1 is 1.13 bits per heavy atom. The van der Waals surface area contributed by atoms with E-state index in [1.807, 2.05) is 12.1 Å². The molecule has 3 heterocycles. The first-order valence-corrected chi connectivity index (χ1v) is 10.5. The van der Waals surface area contributed by atoms with E-state index in [9.17, 15) is 0 Å². The van der Waals surface area contributed by atoms with Gasteiger partial charge in [-0.05, 0) is 49.9 Å². The molecular weight excluding hydrogens is 491 g/mol. The van der Waals surface area contributed by atoms with Crippen LogP contribution in [0.4, 0.5) is 0 Å². The molecule has 2 aromatic heterocycles. The van der Waals surface area contributed by atoms with Crippen LogP contribution >= 0.6 is 24.0 Å². The van der Waals surface area contributed by atoms with Gasteiger partial charge in [0.2, 0.25) is 0 Å². The van der Waals surface area contributed by atoms with Crippen molar-refractivity contribution in [2.75, 3.05) is 26.2 Å². The number of benzene rings is 1. The lowest BCUT2D eigenvalue weighted by Crippen LogP contribution is -2.40. The maximum absolute atomic E-state index is 5.71. The molecule has 1 fully saturated rings. The molecule has 0 aliphatic carbocycles. The van der Waals surface area contributed by atoms with Crippen LogP contribution in [0.15, 0.2) is 52.1 Å². The summed E-state index contributed by atoms with van der Waals surface area (Å²) in [5, 5.41) is 8.22. The number of furan rings is 1. The zero-order chi connectivity index (χ0) is 19.9. The third-order valence-electron chi connectivity index (χ3n) is 5.42. The smallest absolute Gasteiger partial charge is 0.191 e. The molecule has 0 amide bonds. The van der Waals surface area contributed by atoms with E-state index in [-0.39, 0.29) is 30.1 Å². The number of nitrogens with zero attached hydrogens (tertiary/aromatic N) is 1. The summed E-state index contributed by atoms with van der Waals surface area (Å²) in [5.74, 6) is 1.81. The molecule has 1 aromatic carbocycles. The van der Waals surface area contributed by atoms with Gasteiger partial charge < -0.3 is 24.8 Å². The van der Waals surface area contributed by atoms with Crippen LogP contribution in [0.25, 0.3) is 10.9 Å². The van der Waals surface area contributed by atoms with Gasteiger partial charge in [0.15, 0.2) is 5.96 Å². The summed E-state index contributed by atoms with van der Waals surface area (Å²) in [7, 11) is 0. The minimum Gasteiger partial charge on any atom is -0.469 e. The van der Waals surface area contributed by atoms with Gasteiger partial charge >= 0.3 is 0 Å². The van der Waals surface area contributed by atoms with Gasteiger partial charge in [-0.1, -0.05) is 18.2 Å². The highest BCUT2D eigenvalue weighted by Gasteiger charge is 2.15. The molecule has 1 saturated heterocycles. The predicted octanol–water partition coefficient (Wildman–Crippen LogP) is 4.19. The summed E-state index contributed by atoms with van der Waals surface area (Å²) >= 11 is 0. The van der Waals surface area contributed by atoms with Crippen molar-refractivity contribution in [2.45, 2.75) is 38.7 Å². The number of fused-ring (bicyclic) bond motifs is 1. The van der Waals surface area contributed by atoms with Crippen molar-refractivity contribution in [1.29, 1.82) is 0 Å². The standard InChI is InChI=1S/C23H30N4O2.HI/c1-17-20(21-8-2-3-9-22(21)27-17)11-13-25-23(26-16-19-7-5-15-29-19)24-12-10-18-6-4-14-28-18;/h2-4,6,8-9,14,19,27H,5,7,10-13,15-16H2,1H3,(H2,24,25,26);1H. The van der Waals surface area contributed by atoms with Crippen LogP contribution in [0.5, 0.6) is 0 Å². The Morgan fingerprint density at radius 2 is 1.97 bits per heavy atom. The zero-order valence-electron chi connectivity index (χ0n) is 17.4. The fourth-order valence-electron chi connectivity index (χ4n) is 3.88. The Morgan fingerprint density at radius 3 is 2.73 bits per heavy atom. The number of para-hydroxylation sites is 1. The van der Waals surface area contributed by atoms with Crippen molar-refractivity contribution in [3.8, 4) is 0 Å².